The van der Waals surface area contributed by atoms with Crippen LogP contribution in [-0.2, 0) is 11.3 Å². The third kappa shape index (κ3) is 4.09. The Morgan fingerprint density at radius 3 is 2.71 bits per heavy atom. The van der Waals surface area contributed by atoms with Gasteiger partial charge in [-0.3, -0.25) is 0 Å². The minimum absolute atomic E-state index is 0.0330. The number of rotatable bonds is 5. The molecule has 1 N–H and O–H groups in total. The molecular weight excluding hydrogens is 262 g/mol. The van der Waals surface area contributed by atoms with E-state index in [1.807, 2.05) is 0 Å². The van der Waals surface area contributed by atoms with Crippen molar-refractivity contribution in [1.29, 1.82) is 0 Å². The van der Waals surface area contributed by atoms with Gasteiger partial charge >= 0.3 is 0 Å². The topological polar surface area (TPSA) is 21.3 Å². The summed E-state index contributed by atoms with van der Waals surface area (Å²) in [6.45, 7) is 5.89. The Balaban J connectivity index is 2.40. The molecule has 14 heavy (non-hydrogen) atoms. The molecule has 0 aliphatic carbocycles. The van der Waals surface area contributed by atoms with Crippen LogP contribution in [-0.4, -0.2) is 19.3 Å². The van der Waals surface area contributed by atoms with Crippen LogP contribution in [0.3, 0.4) is 0 Å². The number of ether oxygens (including phenoxy) is 1. The average Bonchev–Trinajstić information content (AvgIpc) is 2.48. The quantitative estimate of drug-likeness (QED) is 0.894. The molecule has 0 saturated carbocycles. The van der Waals surface area contributed by atoms with E-state index in [9.17, 15) is 0 Å². The van der Waals surface area contributed by atoms with Crippen molar-refractivity contribution in [2.75, 3.05) is 13.7 Å². The highest BCUT2D eigenvalue weighted by atomic mass is 79.9. The van der Waals surface area contributed by atoms with E-state index >= 15 is 0 Å². The SMILES string of the molecule is COCC(C)(C)NCc1ccc(Br)s1. The van der Waals surface area contributed by atoms with Gasteiger partial charge < -0.3 is 10.1 Å². The Morgan fingerprint density at radius 1 is 1.50 bits per heavy atom. The predicted molar refractivity (Wildman–Crippen MR) is 64.8 cm³/mol. The molecule has 4 heteroatoms. The third-order valence-electron chi connectivity index (χ3n) is 1.88. The molecule has 1 rings (SSSR count). The molecule has 1 heterocycles. The molecule has 0 bridgehead atoms. The maximum atomic E-state index is 5.13. The zero-order valence-electron chi connectivity index (χ0n) is 8.76. The van der Waals surface area contributed by atoms with Crippen molar-refractivity contribution in [3.05, 3.63) is 20.8 Å². The van der Waals surface area contributed by atoms with Gasteiger partial charge in [-0.2, -0.15) is 0 Å². The molecule has 0 radical (unpaired) electrons. The summed E-state index contributed by atoms with van der Waals surface area (Å²) in [5, 5.41) is 3.45. The van der Waals surface area contributed by atoms with Crippen LogP contribution in [0.25, 0.3) is 0 Å². The summed E-state index contributed by atoms with van der Waals surface area (Å²) in [4.78, 5) is 1.33. The molecule has 2 nitrogen and oxygen atoms in total. The first-order chi connectivity index (χ1) is 6.53. The number of methoxy groups -OCH3 is 1. The maximum Gasteiger partial charge on any atom is 0.0701 e. The van der Waals surface area contributed by atoms with Gasteiger partial charge in [0.15, 0.2) is 0 Å². The summed E-state index contributed by atoms with van der Waals surface area (Å²) in [7, 11) is 1.73. The fourth-order valence-corrected chi connectivity index (χ4v) is 2.61. The van der Waals surface area contributed by atoms with E-state index in [2.05, 4.69) is 47.2 Å². The van der Waals surface area contributed by atoms with E-state index in [0.29, 0.717) is 0 Å². The lowest BCUT2D eigenvalue weighted by Crippen LogP contribution is -2.42. The highest BCUT2D eigenvalue weighted by Crippen LogP contribution is 2.22. The van der Waals surface area contributed by atoms with Crippen LogP contribution >= 0.6 is 27.3 Å². The minimum Gasteiger partial charge on any atom is -0.383 e. The first-order valence-electron chi connectivity index (χ1n) is 4.52. The molecule has 0 unspecified atom stereocenters. The average molecular weight is 278 g/mol. The normalized spacial score (nSPS) is 12.0. The van der Waals surface area contributed by atoms with Crippen molar-refractivity contribution in [3.8, 4) is 0 Å². The minimum atomic E-state index is 0.0330. The monoisotopic (exact) mass is 277 g/mol. The summed E-state index contributed by atoms with van der Waals surface area (Å²) in [6.07, 6.45) is 0. The zero-order valence-corrected chi connectivity index (χ0v) is 11.2. The number of thiophene rings is 1. The second-order valence-electron chi connectivity index (χ2n) is 3.88. The van der Waals surface area contributed by atoms with E-state index in [1.54, 1.807) is 18.4 Å². The van der Waals surface area contributed by atoms with Crippen LogP contribution < -0.4 is 5.32 Å². The lowest BCUT2D eigenvalue weighted by Gasteiger charge is -2.24. The van der Waals surface area contributed by atoms with Crippen molar-refractivity contribution >= 4 is 27.3 Å². The van der Waals surface area contributed by atoms with Crippen LogP contribution in [0, 0.1) is 0 Å². The Bertz CT molecular complexity index is 285. The maximum absolute atomic E-state index is 5.13. The van der Waals surface area contributed by atoms with Gasteiger partial charge in [0.2, 0.25) is 0 Å². The second kappa shape index (κ2) is 5.26. The van der Waals surface area contributed by atoms with Crippen molar-refractivity contribution in [3.63, 3.8) is 0 Å². The Hall–Kier alpha value is 0.1000. The van der Waals surface area contributed by atoms with Gasteiger partial charge in [0, 0.05) is 24.1 Å². The molecule has 1 aromatic rings. The molecule has 0 aromatic carbocycles. The van der Waals surface area contributed by atoms with Crippen molar-refractivity contribution in [2.24, 2.45) is 0 Å². The third-order valence-corrected chi connectivity index (χ3v) is 3.50. The standard InChI is InChI=1S/C10H16BrNOS/c1-10(2,7-13-3)12-6-8-4-5-9(11)14-8/h4-5,12H,6-7H2,1-3H3. The van der Waals surface area contributed by atoms with E-state index < -0.39 is 0 Å². The molecule has 0 spiro atoms. The van der Waals surface area contributed by atoms with E-state index in [0.717, 1.165) is 13.2 Å². The Kier molecular flexibility index (Phi) is 4.57. The van der Waals surface area contributed by atoms with Crippen LogP contribution in [0.4, 0.5) is 0 Å². The molecule has 80 valence electrons. The molecule has 0 aliphatic rings. The molecule has 0 atom stereocenters. The van der Waals surface area contributed by atoms with Gasteiger partial charge in [-0.1, -0.05) is 0 Å². The molecule has 1 aromatic heterocycles. The van der Waals surface area contributed by atoms with E-state index in [-0.39, 0.29) is 5.54 Å². The van der Waals surface area contributed by atoms with Gasteiger partial charge in [-0.05, 0) is 41.9 Å². The molecule has 0 saturated heterocycles. The first kappa shape index (κ1) is 12.2. The fourth-order valence-electron chi connectivity index (χ4n) is 1.19. The van der Waals surface area contributed by atoms with Gasteiger partial charge in [0.1, 0.15) is 0 Å². The highest BCUT2D eigenvalue weighted by Gasteiger charge is 2.16. The van der Waals surface area contributed by atoms with Crippen LogP contribution in [0.5, 0.6) is 0 Å². The Labute approximate surface area is 97.8 Å². The molecular formula is C10H16BrNOS. The summed E-state index contributed by atoms with van der Waals surface area (Å²) in [5.74, 6) is 0. The first-order valence-corrected chi connectivity index (χ1v) is 6.12. The van der Waals surface area contributed by atoms with Crippen molar-refractivity contribution < 1.29 is 4.74 Å². The molecule has 0 fully saturated rings. The van der Waals surface area contributed by atoms with Crippen LogP contribution in [0.2, 0.25) is 0 Å². The molecule has 0 amide bonds. The van der Waals surface area contributed by atoms with Gasteiger partial charge in [-0.25, -0.2) is 0 Å². The van der Waals surface area contributed by atoms with Gasteiger partial charge in [0.05, 0.1) is 10.4 Å². The largest absolute Gasteiger partial charge is 0.383 e. The summed E-state index contributed by atoms with van der Waals surface area (Å²) in [6, 6.07) is 4.20. The number of nitrogens with one attached hydrogen (secondary N) is 1. The lowest BCUT2D eigenvalue weighted by atomic mass is 10.1. The second-order valence-corrected chi connectivity index (χ2v) is 6.42. The fraction of sp³-hybridized carbons (Fsp3) is 0.600. The predicted octanol–water partition coefficient (Wildman–Crippen LogP) is 3.03. The van der Waals surface area contributed by atoms with E-state index in [1.165, 1.54) is 8.66 Å². The number of halogens is 1. The van der Waals surface area contributed by atoms with Crippen molar-refractivity contribution in [1.82, 2.24) is 5.32 Å². The van der Waals surface area contributed by atoms with Crippen LogP contribution in [0.15, 0.2) is 15.9 Å². The van der Waals surface area contributed by atoms with Crippen LogP contribution in [0.1, 0.15) is 18.7 Å². The lowest BCUT2D eigenvalue weighted by molar-refractivity contribution is 0.128. The molecule has 0 aliphatic heterocycles. The van der Waals surface area contributed by atoms with Gasteiger partial charge in [-0.15, -0.1) is 11.3 Å². The zero-order chi connectivity index (χ0) is 10.6. The van der Waals surface area contributed by atoms with E-state index in [4.69, 9.17) is 4.74 Å². The van der Waals surface area contributed by atoms with Crippen molar-refractivity contribution in [2.45, 2.75) is 25.9 Å². The number of hydrogen-bond donors (Lipinski definition) is 1. The number of hydrogen-bond acceptors (Lipinski definition) is 3. The summed E-state index contributed by atoms with van der Waals surface area (Å²) < 4.78 is 6.31. The van der Waals surface area contributed by atoms with Gasteiger partial charge in [0.25, 0.3) is 0 Å². The Morgan fingerprint density at radius 2 is 2.21 bits per heavy atom. The summed E-state index contributed by atoms with van der Waals surface area (Å²) >= 11 is 5.21. The summed E-state index contributed by atoms with van der Waals surface area (Å²) in [5.41, 5.74) is 0.0330. The smallest absolute Gasteiger partial charge is 0.0701 e. The highest BCUT2D eigenvalue weighted by molar-refractivity contribution is 9.11.